The van der Waals surface area contributed by atoms with Crippen molar-refractivity contribution in [1.29, 1.82) is 0 Å². The van der Waals surface area contributed by atoms with Crippen LogP contribution in [0.1, 0.15) is 19.8 Å². The first kappa shape index (κ1) is 13.4. The molecule has 1 aliphatic heterocycles. The molecule has 5 nitrogen and oxygen atoms in total. The lowest BCUT2D eigenvalue weighted by molar-refractivity contribution is -0.151. The van der Waals surface area contributed by atoms with Crippen molar-refractivity contribution >= 4 is 5.97 Å². The number of hydrogen-bond donors (Lipinski definition) is 2. The molecular formula is C11H21NO4. The van der Waals surface area contributed by atoms with E-state index in [1.807, 2.05) is 4.90 Å². The first-order valence-electron chi connectivity index (χ1n) is 5.61. The summed E-state index contributed by atoms with van der Waals surface area (Å²) in [6.07, 6.45) is 1.03. The molecule has 1 saturated heterocycles. The highest BCUT2D eigenvalue weighted by atomic mass is 16.5. The van der Waals surface area contributed by atoms with E-state index in [2.05, 4.69) is 0 Å². The molecule has 0 spiro atoms. The number of hydrogen-bond acceptors (Lipinski definition) is 4. The SMILES string of the molecule is COCC(O)CN1CCCC(C)(C(=O)O)C1. The first-order valence-corrected chi connectivity index (χ1v) is 5.61. The van der Waals surface area contributed by atoms with Gasteiger partial charge in [0.1, 0.15) is 0 Å². The highest BCUT2D eigenvalue weighted by Crippen LogP contribution is 2.29. The summed E-state index contributed by atoms with van der Waals surface area (Å²) >= 11 is 0. The standard InChI is InChI=1S/C11H21NO4/c1-11(10(14)15)4-3-5-12(8-11)6-9(13)7-16-2/h9,13H,3-8H2,1-2H3,(H,14,15). The molecule has 0 aliphatic carbocycles. The molecule has 0 aromatic rings. The Morgan fingerprint density at radius 3 is 2.88 bits per heavy atom. The van der Waals surface area contributed by atoms with Crippen LogP contribution in [0.3, 0.4) is 0 Å². The number of β-amino-alcohol motifs (C(OH)–C–C–N with tert-alkyl or cyclic N) is 1. The van der Waals surface area contributed by atoms with Crippen molar-refractivity contribution in [3.8, 4) is 0 Å². The lowest BCUT2D eigenvalue weighted by atomic mass is 9.82. The number of carboxylic acids is 1. The Balaban J connectivity index is 2.47. The molecule has 0 saturated carbocycles. The molecular weight excluding hydrogens is 210 g/mol. The van der Waals surface area contributed by atoms with E-state index in [4.69, 9.17) is 9.84 Å². The van der Waals surface area contributed by atoms with E-state index in [9.17, 15) is 9.90 Å². The molecule has 0 radical (unpaired) electrons. The number of carbonyl (C=O) groups is 1. The normalized spacial score (nSPS) is 28.9. The molecule has 1 rings (SSSR count). The van der Waals surface area contributed by atoms with Crippen molar-refractivity contribution in [3.63, 3.8) is 0 Å². The third-order valence-electron chi connectivity index (χ3n) is 3.12. The summed E-state index contributed by atoms with van der Waals surface area (Å²) in [6, 6.07) is 0. The van der Waals surface area contributed by atoms with Crippen LogP contribution in [0.4, 0.5) is 0 Å². The number of piperidine rings is 1. The zero-order valence-electron chi connectivity index (χ0n) is 9.98. The Morgan fingerprint density at radius 1 is 1.62 bits per heavy atom. The number of nitrogens with zero attached hydrogens (tertiary/aromatic N) is 1. The van der Waals surface area contributed by atoms with Crippen molar-refractivity contribution in [3.05, 3.63) is 0 Å². The molecule has 2 atom stereocenters. The largest absolute Gasteiger partial charge is 0.481 e. The topological polar surface area (TPSA) is 70.0 Å². The Morgan fingerprint density at radius 2 is 2.31 bits per heavy atom. The van der Waals surface area contributed by atoms with E-state index in [-0.39, 0.29) is 0 Å². The molecule has 94 valence electrons. The molecule has 1 aliphatic rings. The van der Waals surface area contributed by atoms with Gasteiger partial charge in [0, 0.05) is 20.2 Å². The summed E-state index contributed by atoms with van der Waals surface area (Å²) in [7, 11) is 1.54. The van der Waals surface area contributed by atoms with Gasteiger partial charge in [-0.05, 0) is 26.3 Å². The lowest BCUT2D eigenvalue weighted by Gasteiger charge is -2.38. The zero-order valence-corrected chi connectivity index (χ0v) is 9.98. The Hall–Kier alpha value is -0.650. The Labute approximate surface area is 96.0 Å². The van der Waals surface area contributed by atoms with Gasteiger partial charge in [-0.15, -0.1) is 0 Å². The van der Waals surface area contributed by atoms with Crippen molar-refractivity contribution < 1.29 is 19.7 Å². The lowest BCUT2D eigenvalue weighted by Crippen LogP contribution is -2.48. The molecule has 16 heavy (non-hydrogen) atoms. The molecule has 5 heteroatoms. The van der Waals surface area contributed by atoms with Gasteiger partial charge in [-0.2, -0.15) is 0 Å². The average molecular weight is 231 g/mol. The second kappa shape index (κ2) is 5.61. The van der Waals surface area contributed by atoms with Gasteiger partial charge in [0.25, 0.3) is 0 Å². The zero-order chi connectivity index (χ0) is 12.2. The maximum atomic E-state index is 11.1. The van der Waals surface area contributed by atoms with Gasteiger partial charge in [-0.3, -0.25) is 9.69 Å². The maximum absolute atomic E-state index is 11.1. The van der Waals surface area contributed by atoms with Crippen LogP contribution in [-0.4, -0.2) is 60.5 Å². The van der Waals surface area contributed by atoms with E-state index in [1.54, 1.807) is 14.0 Å². The average Bonchev–Trinajstić information content (AvgIpc) is 2.17. The smallest absolute Gasteiger partial charge is 0.310 e. The van der Waals surface area contributed by atoms with Gasteiger partial charge >= 0.3 is 5.97 Å². The summed E-state index contributed by atoms with van der Waals surface area (Å²) in [5.74, 6) is -0.751. The molecule has 1 heterocycles. The Kier molecular flexibility index (Phi) is 4.70. The summed E-state index contributed by atoms with van der Waals surface area (Å²) in [6.45, 7) is 3.90. The molecule has 0 aromatic heterocycles. The number of carboxylic acid groups (broad SMARTS) is 1. The van der Waals surface area contributed by atoms with Crippen LogP contribution in [-0.2, 0) is 9.53 Å². The van der Waals surface area contributed by atoms with Crippen LogP contribution in [0, 0.1) is 5.41 Å². The second-order valence-electron chi connectivity index (χ2n) is 4.81. The highest BCUT2D eigenvalue weighted by molar-refractivity contribution is 5.74. The number of rotatable bonds is 5. The fourth-order valence-electron chi connectivity index (χ4n) is 2.22. The summed E-state index contributed by atoms with van der Waals surface area (Å²) in [5.41, 5.74) is -0.676. The maximum Gasteiger partial charge on any atom is 0.310 e. The van der Waals surface area contributed by atoms with Crippen LogP contribution in [0.25, 0.3) is 0 Å². The minimum Gasteiger partial charge on any atom is -0.481 e. The quantitative estimate of drug-likeness (QED) is 0.706. The predicted molar refractivity (Wildman–Crippen MR) is 59.3 cm³/mol. The van der Waals surface area contributed by atoms with Gasteiger partial charge in [0.15, 0.2) is 0 Å². The van der Waals surface area contributed by atoms with Crippen molar-refractivity contribution in [2.75, 3.05) is 33.4 Å². The third-order valence-corrected chi connectivity index (χ3v) is 3.12. The van der Waals surface area contributed by atoms with Crippen LogP contribution >= 0.6 is 0 Å². The molecule has 0 aromatic carbocycles. The third kappa shape index (κ3) is 3.43. The number of likely N-dealkylation sites (tertiary alicyclic amines) is 1. The molecule has 2 N–H and O–H groups in total. The Bertz CT molecular complexity index is 246. The minimum atomic E-state index is -0.751. The van der Waals surface area contributed by atoms with Crippen molar-refractivity contribution in [1.82, 2.24) is 4.90 Å². The summed E-state index contributed by atoms with van der Waals surface area (Å²) in [5, 5.41) is 18.7. The van der Waals surface area contributed by atoms with E-state index >= 15 is 0 Å². The molecule has 2 unspecified atom stereocenters. The van der Waals surface area contributed by atoms with Gasteiger partial charge in [-0.25, -0.2) is 0 Å². The van der Waals surface area contributed by atoms with Crippen LogP contribution in [0.2, 0.25) is 0 Å². The van der Waals surface area contributed by atoms with Crippen molar-refractivity contribution in [2.45, 2.75) is 25.9 Å². The fraction of sp³-hybridized carbons (Fsp3) is 0.909. The number of aliphatic hydroxyl groups excluding tert-OH is 1. The number of methoxy groups -OCH3 is 1. The summed E-state index contributed by atoms with van der Waals surface area (Å²) < 4.78 is 4.85. The van der Waals surface area contributed by atoms with Gasteiger partial charge in [0.2, 0.25) is 0 Å². The van der Waals surface area contributed by atoms with E-state index in [1.165, 1.54) is 0 Å². The predicted octanol–water partition coefficient (Wildman–Crippen LogP) is 0.180. The number of aliphatic hydroxyl groups is 1. The van der Waals surface area contributed by atoms with Crippen LogP contribution < -0.4 is 0 Å². The van der Waals surface area contributed by atoms with Crippen molar-refractivity contribution in [2.24, 2.45) is 5.41 Å². The molecule has 0 amide bonds. The molecule has 1 fully saturated rings. The first-order chi connectivity index (χ1) is 7.48. The van der Waals surface area contributed by atoms with E-state index in [0.717, 1.165) is 13.0 Å². The van der Waals surface area contributed by atoms with Crippen LogP contribution in [0.15, 0.2) is 0 Å². The van der Waals surface area contributed by atoms with Crippen LogP contribution in [0.5, 0.6) is 0 Å². The van der Waals surface area contributed by atoms with Gasteiger partial charge < -0.3 is 14.9 Å². The monoisotopic (exact) mass is 231 g/mol. The van der Waals surface area contributed by atoms with E-state index < -0.39 is 17.5 Å². The van der Waals surface area contributed by atoms with E-state index in [0.29, 0.717) is 26.1 Å². The summed E-state index contributed by atoms with van der Waals surface area (Å²) in [4.78, 5) is 13.1. The highest BCUT2D eigenvalue weighted by Gasteiger charge is 2.38. The second-order valence-corrected chi connectivity index (χ2v) is 4.81. The minimum absolute atomic E-state index is 0.292. The number of aliphatic carboxylic acids is 1. The number of ether oxygens (including phenoxy) is 1. The van der Waals surface area contributed by atoms with Gasteiger partial charge in [0.05, 0.1) is 18.1 Å². The van der Waals surface area contributed by atoms with Gasteiger partial charge in [-0.1, -0.05) is 0 Å². The molecule has 0 bridgehead atoms. The fourth-order valence-corrected chi connectivity index (χ4v) is 2.22.